The number of sulfonamides is 1. The first-order valence-corrected chi connectivity index (χ1v) is 15.9. The third kappa shape index (κ3) is 10.3. The second kappa shape index (κ2) is 14.7. The van der Waals surface area contributed by atoms with Crippen molar-refractivity contribution in [2.75, 3.05) is 17.1 Å². The van der Waals surface area contributed by atoms with E-state index in [1.54, 1.807) is 24.3 Å². The average Bonchev–Trinajstić information content (AvgIpc) is 2.92. The van der Waals surface area contributed by atoms with Crippen LogP contribution in [-0.4, -0.2) is 50.0 Å². The molecule has 43 heavy (non-hydrogen) atoms. The number of hydrogen-bond acceptors (Lipinski definition) is 4. The molecule has 0 saturated carbocycles. The smallest absolute Gasteiger partial charge is 0.352 e. The molecule has 232 valence electrons. The monoisotopic (exact) mass is 637 g/mol. The zero-order valence-corrected chi connectivity index (χ0v) is 25.7. The lowest BCUT2D eigenvalue weighted by Crippen LogP contribution is -2.51. The highest BCUT2D eigenvalue weighted by atomic mass is 35.5. The summed E-state index contributed by atoms with van der Waals surface area (Å²) < 4.78 is 65.9. The van der Waals surface area contributed by atoms with E-state index in [1.165, 1.54) is 11.0 Å². The van der Waals surface area contributed by atoms with Gasteiger partial charge in [0.05, 0.1) is 17.5 Å². The molecule has 0 aliphatic heterocycles. The second-order valence-electron chi connectivity index (χ2n) is 10.5. The SMILES string of the molecule is CC(C)NC(=O)[C@@H](Cc1ccccc1)N(Cc1cccc(Cl)c1)C(=O)CCCN(c1cccc(C(F)(F)F)c1)S(C)(=O)=O. The third-order valence-electron chi connectivity index (χ3n) is 6.56. The zero-order chi connectivity index (χ0) is 31.8. The van der Waals surface area contributed by atoms with Crippen molar-refractivity contribution >= 4 is 39.1 Å². The van der Waals surface area contributed by atoms with Crippen LogP contribution in [0.5, 0.6) is 0 Å². The highest BCUT2D eigenvalue weighted by molar-refractivity contribution is 7.92. The van der Waals surface area contributed by atoms with Crippen molar-refractivity contribution in [1.82, 2.24) is 10.2 Å². The summed E-state index contributed by atoms with van der Waals surface area (Å²) in [6.45, 7) is 3.45. The molecule has 12 heteroatoms. The highest BCUT2D eigenvalue weighted by Gasteiger charge is 2.33. The number of halogens is 4. The fourth-order valence-electron chi connectivity index (χ4n) is 4.61. The molecule has 0 aromatic heterocycles. The minimum atomic E-state index is -4.65. The fourth-order valence-corrected chi connectivity index (χ4v) is 5.78. The maximum atomic E-state index is 13.8. The van der Waals surface area contributed by atoms with Crippen molar-refractivity contribution < 1.29 is 31.2 Å². The molecule has 3 rings (SSSR count). The van der Waals surface area contributed by atoms with Crippen LogP contribution in [0.15, 0.2) is 78.9 Å². The van der Waals surface area contributed by atoms with Gasteiger partial charge in [-0.3, -0.25) is 13.9 Å². The van der Waals surface area contributed by atoms with Crippen molar-refractivity contribution in [3.05, 3.63) is 101 Å². The van der Waals surface area contributed by atoms with E-state index in [4.69, 9.17) is 11.6 Å². The molecule has 0 unspecified atom stereocenters. The Morgan fingerprint density at radius 2 is 1.58 bits per heavy atom. The van der Waals surface area contributed by atoms with Gasteiger partial charge in [0.2, 0.25) is 21.8 Å². The molecule has 0 aliphatic carbocycles. The molecule has 0 bridgehead atoms. The van der Waals surface area contributed by atoms with E-state index < -0.39 is 33.7 Å². The van der Waals surface area contributed by atoms with Gasteiger partial charge in [-0.2, -0.15) is 13.2 Å². The van der Waals surface area contributed by atoms with Gasteiger partial charge >= 0.3 is 6.18 Å². The molecule has 0 saturated heterocycles. The first kappa shape index (κ1) is 33.9. The molecule has 0 fully saturated rings. The van der Waals surface area contributed by atoms with E-state index in [1.807, 2.05) is 44.2 Å². The summed E-state index contributed by atoms with van der Waals surface area (Å²) in [6.07, 6.45) is -3.69. The van der Waals surface area contributed by atoms with E-state index in [9.17, 15) is 31.2 Å². The Morgan fingerprint density at radius 1 is 0.930 bits per heavy atom. The summed E-state index contributed by atoms with van der Waals surface area (Å²) in [5, 5.41) is 3.35. The van der Waals surface area contributed by atoms with Gasteiger partial charge in [0.1, 0.15) is 6.04 Å². The van der Waals surface area contributed by atoms with Crippen LogP contribution in [0, 0.1) is 0 Å². The Bertz CT molecular complexity index is 1500. The van der Waals surface area contributed by atoms with Gasteiger partial charge in [-0.1, -0.05) is 60.1 Å². The molecule has 3 aromatic rings. The molecule has 0 spiro atoms. The Hall–Kier alpha value is -3.57. The number of nitrogens with zero attached hydrogens (tertiary/aromatic N) is 2. The van der Waals surface area contributed by atoms with Crippen LogP contribution in [-0.2, 0) is 38.8 Å². The molecular weight excluding hydrogens is 603 g/mol. The molecule has 0 heterocycles. The van der Waals surface area contributed by atoms with Gasteiger partial charge in [-0.15, -0.1) is 0 Å². The lowest BCUT2D eigenvalue weighted by molar-refractivity contribution is -0.141. The lowest BCUT2D eigenvalue weighted by Gasteiger charge is -2.32. The molecule has 3 aromatic carbocycles. The van der Waals surface area contributed by atoms with E-state index in [-0.39, 0.29) is 50.0 Å². The maximum Gasteiger partial charge on any atom is 0.416 e. The lowest BCUT2D eigenvalue weighted by atomic mass is 10.0. The number of carbonyl (C=O) groups is 2. The second-order valence-corrected chi connectivity index (χ2v) is 12.9. The van der Waals surface area contributed by atoms with Crippen LogP contribution in [0.4, 0.5) is 18.9 Å². The summed E-state index contributed by atoms with van der Waals surface area (Å²) in [5.41, 5.74) is 0.391. The predicted molar refractivity (Wildman–Crippen MR) is 162 cm³/mol. The molecule has 0 radical (unpaired) electrons. The molecule has 7 nitrogen and oxygen atoms in total. The molecule has 0 aliphatic rings. The van der Waals surface area contributed by atoms with Crippen molar-refractivity contribution in [3.63, 3.8) is 0 Å². The van der Waals surface area contributed by atoms with Crippen LogP contribution >= 0.6 is 11.6 Å². The Kier molecular flexibility index (Phi) is 11.6. The first-order chi connectivity index (χ1) is 20.1. The maximum absolute atomic E-state index is 13.8. The van der Waals surface area contributed by atoms with Crippen molar-refractivity contribution in [2.45, 2.75) is 57.9 Å². The topological polar surface area (TPSA) is 86.8 Å². The molecule has 1 atom stereocenters. The number of nitrogens with one attached hydrogen (secondary N) is 1. The molecule has 1 N–H and O–H groups in total. The quantitative estimate of drug-likeness (QED) is 0.247. The zero-order valence-electron chi connectivity index (χ0n) is 24.1. The minimum absolute atomic E-state index is 0.00193. The van der Waals surface area contributed by atoms with Gasteiger partial charge in [-0.05, 0) is 61.7 Å². The number of carbonyl (C=O) groups excluding carboxylic acids is 2. The highest BCUT2D eigenvalue weighted by Crippen LogP contribution is 2.32. The number of anilines is 1. The minimum Gasteiger partial charge on any atom is -0.352 e. The van der Waals surface area contributed by atoms with E-state index in [2.05, 4.69) is 5.32 Å². The summed E-state index contributed by atoms with van der Waals surface area (Å²) in [4.78, 5) is 28.7. The van der Waals surface area contributed by atoms with Gasteiger partial charge in [0.25, 0.3) is 0 Å². The summed E-state index contributed by atoms with van der Waals surface area (Å²) in [7, 11) is -3.97. The summed E-state index contributed by atoms with van der Waals surface area (Å²) in [5.74, 6) is -0.770. The van der Waals surface area contributed by atoms with Gasteiger partial charge < -0.3 is 10.2 Å². The third-order valence-corrected chi connectivity index (χ3v) is 7.99. The van der Waals surface area contributed by atoms with E-state index >= 15 is 0 Å². The van der Waals surface area contributed by atoms with Crippen LogP contribution in [0.3, 0.4) is 0 Å². The Balaban J connectivity index is 1.90. The predicted octanol–water partition coefficient (Wildman–Crippen LogP) is 6.07. The number of benzene rings is 3. The van der Waals surface area contributed by atoms with Crippen LogP contribution in [0.25, 0.3) is 0 Å². The Morgan fingerprint density at radius 3 is 2.19 bits per heavy atom. The first-order valence-electron chi connectivity index (χ1n) is 13.7. The average molecular weight is 638 g/mol. The van der Waals surface area contributed by atoms with Gasteiger partial charge in [-0.25, -0.2) is 8.42 Å². The summed E-state index contributed by atoms with van der Waals surface area (Å²) in [6, 6.07) is 19.1. The Labute approximate surface area is 255 Å². The molecular formula is C31H35ClF3N3O4S. The van der Waals surface area contributed by atoms with Crippen molar-refractivity contribution in [2.24, 2.45) is 0 Å². The number of amides is 2. The largest absolute Gasteiger partial charge is 0.416 e. The van der Waals surface area contributed by atoms with Gasteiger partial charge in [0, 0.05) is 37.0 Å². The molecule has 2 amide bonds. The van der Waals surface area contributed by atoms with Crippen molar-refractivity contribution in [1.29, 1.82) is 0 Å². The van der Waals surface area contributed by atoms with Crippen LogP contribution < -0.4 is 9.62 Å². The fraction of sp³-hybridized carbons (Fsp3) is 0.355. The number of rotatable bonds is 13. The van der Waals surface area contributed by atoms with Gasteiger partial charge in [0.15, 0.2) is 0 Å². The van der Waals surface area contributed by atoms with Crippen LogP contribution in [0.2, 0.25) is 5.02 Å². The standard InChI is InChI=1S/C31H35ClF3N3O4S/c1-22(2)36-30(40)28(19-23-10-5-4-6-11-23)37(21-24-12-7-14-26(32)18-24)29(39)16-9-17-38(43(3,41)42)27-15-8-13-25(20-27)31(33,34)35/h4-8,10-15,18,20,22,28H,9,16-17,19,21H2,1-3H3,(H,36,40)/t28-/m1/s1. The normalized spacial score (nSPS) is 12.6. The van der Waals surface area contributed by atoms with Crippen LogP contribution in [0.1, 0.15) is 43.4 Å². The van der Waals surface area contributed by atoms with E-state index in [0.29, 0.717) is 10.6 Å². The van der Waals surface area contributed by atoms with E-state index in [0.717, 1.165) is 34.3 Å². The number of hydrogen-bond donors (Lipinski definition) is 1. The van der Waals surface area contributed by atoms with Crippen molar-refractivity contribution in [3.8, 4) is 0 Å². The summed E-state index contributed by atoms with van der Waals surface area (Å²) >= 11 is 6.19. The number of alkyl halides is 3.